The van der Waals surface area contributed by atoms with E-state index >= 15 is 4.39 Å². The zero-order chi connectivity index (χ0) is 26.4. The Labute approximate surface area is 217 Å². The smallest absolute Gasteiger partial charge is 0.367 e. The number of nitrogens with zero attached hydrogens (tertiary/aromatic N) is 2. The Morgan fingerprint density at radius 2 is 1.70 bits per heavy atom. The van der Waals surface area contributed by atoms with Gasteiger partial charge in [0, 0.05) is 50.0 Å². The monoisotopic (exact) mass is 504 g/mol. The molecule has 4 N–H and O–H groups in total. The Balaban J connectivity index is 1.39. The van der Waals surface area contributed by atoms with E-state index in [1.165, 1.54) is 11.4 Å². The van der Waals surface area contributed by atoms with Gasteiger partial charge in [-0.1, -0.05) is 42.5 Å². The average Bonchev–Trinajstić information content (AvgIpc) is 2.88. The molecule has 1 unspecified atom stereocenters. The lowest BCUT2D eigenvalue weighted by Gasteiger charge is -2.39. The van der Waals surface area contributed by atoms with Crippen molar-refractivity contribution in [3.8, 4) is 0 Å². The van der Waals surface area contributed by atoms with Crippen LogP contribution in [-0.2, 0) is 4.79 Å². The molecule has 1 heterocycles. The molecule has 4 rings (SSSR count). The molecule has 0 aromatic heterocycles. The number of nitrogens with one attached hydrogen (secondary N) is 2. The normalized spacial score (nSPS) is 14.8. The SMILES string of the molecule is CCNC(=O)C(c1ccccc1)N1CCN(c2ccc(NC(=O)[NH2+]c3cc(C)ccc3C)cc2F)CC1. The summed E-state index contributed by atoms with van der Waals surface area (Å²) in [6.07, 6.45) is 0. The molecule has 7 nitrogen and oxygen atoms in total. The third kappa shape index (κ3) is 6.53. The molecule has 3 aromatic carbocycles. The topological polar surface area (TPSA) is 81.3 Å². The van der Waals surface area contributed by atoms with Crippen LogP contribution in [0.15, 0.2) is 66.7 Å². The molecule has 1 aliphatic heterocycles. The van der Waals surface area contributed by atoms with Crippen LogP contribution in [-0.4, -0.2) is 49.6 Å². The molecule has 1 atom stereocenters. The standard InChI is InChI=1S/C29H34FN5O2/c1-4-31-28(36)27(22-8-6-5-7-9-22)35-16-14-34(15-17-35)26-13-12-23(19-24(26)30)32-29(37)33-25-18-20(2)10-11-21(25)3/h5-13,18-19,27H,4,14-17H2,1-3H3,(H,31,36)(H2,32,33,37)/p+1. The number of hydrogen-bond donors (Lipinski definition) is 3. The molecule has 1 aliphatic rings. The highest BCUT2D eigenvalue weighted by atomic mass is 19.1. The molecule has 0 radical (unpaired) electrons. The first kappa shape index (κ1) is 26.3. The van der Waals surface area contributed by atoms with E-state index in [1.807, 2.05) is 74.2 Å². The van der Waals surface area contributed by atoms with E-state index < -0.39 is 0 Å². The number of primary amides is 1. The number of likely N-dealkylation sites (N-methyl/N-ethyl adjacent to an activating group) is 1. The van der Waals surface area contributed by atoms with E-state index in [4.69, 9.17) is 0 Å². The highest BCUT2D eigenvalue weighted by molar-refractivity contribution is 5.84. The molecule has 37 heavy (non-hydrogen) atoms. The predicted molar refractivity (Wildman–Crippen MR) is 145 cm³/mol. The van der Waals surface area contributed by atoms with Crippen molar-refractivity contribution >= 4 is 29.0 Å². The molecule has 3 aromatic rings. The molecular weight excluding hydrogens is 469 g/mol. The second kappa shape index (κ2) is 12.0. The number of carbonyl (C=O) groups excluding carboxylic acids is 2. The number of piperazine rings is 1. The Bertz CT molecular complexity index is 1240. The summed E-state index contributed by atoms with van der Waals surface area (Å²) in [6, 6.07) is 19.8. The van der Waals surface area contributed by atoms with Crippen LogP contribution in [0.2, 0.25) is 0 Å². The van der Waals surface area contributed by atoms with Gasteiger partial charge in [-0.05, 0) is 50.1 Å². The van der Waals surface area contributed by atoms with Gasteiger partial charge in [-0.25, -0.2) is 14.5 Å². The van der Waals surface area contributed by atoms with Crippen molar-refractivity contribution in [2.75, 3.05) is 42.9 Å². The average molecular weight is 505 g/mol. The maximum absolute atomic E-state index is 15.1. The lowest BCUT2D eigenvalue weighted by molar-refractivity contribution is -0.459. The Hall–Kier alpha value is -3.75. The second-order valence-corrected chi connectivity index (χ2v) is 9.39. The fourth-order valence-electron chi connectivity index (χ4n) is 4.73. The van der Waals surface area contributed by atoms with Gasteiger partial charge < -0.3 is 10.2 Å². The molecular formula is C29H35FN5O2+. The summed E-state index contributed by atoms with van der Waals surface area (Å²) in [5.74, 6) is -0.410. The van der Waals surface area contributed by atoms with Gasteiger partial charge in [0.2, 0.25) is 5.91 Å². The Kier molecular flexibility index (Phi) is 8.53. The van der Waals surface area contributed by atoms with Gasteiger partial charge in [0.15, 0.2) is 0 Å². The predicted octanol–water partition coefficient (Wildman–Crippen LogP) is 3.87. The largest absolute Gasteiger partial charge is 0.422 e. The van der Waals surface area contributed by atoms with E-state index in [-0.39, 0.29) is 23.8 Å². The van der Waals surface area contributed by atoms with Crippen LogP contribution >= 0.6 is 0 Å². The number of benzene rings is 3. The zero-order valence-corrected chi connectivity index (χ0v) is 21.6. The zero-order valence-electron chi connectivity index (χ0n) is 21.6. The lowest BCUT2D eigenvalue weighted by Crippen LogP contribution is -2.84. The highest BCUT2D eigenvalue weighted by Crippen LogP contribution is 2.27. The number of amides is 3. The number of anilines is 2. The van der Waals surface area contributed by atoms with Crippen molar-refractivity contribution in [1.82, 2.24) is 10.2 Å². The van der Waals surface area contributed by atoms with E-state index in [9.17, 15) is 9.59 Å². The minimum absolute atomic E-state index is 0.0221. The highest BCUT2D eigenvalue weighted by Gasteiger charge is 2.30. The van der Waals surface area contributed by atoms with Crippen molar-refractivity contribution in [2.45, 2.75) is 26.8 Å². The quantitative estimate of drug-likeness (QED) is 0.427. The van der Waals surface area contributed by atoms with E-state index in [0.29, 0.717) is 44.1 Å². The Morgan fingerprint density at radius 3 is 2.38 bits per heavy atom. The van der Waals surface area contributed by atoms with E-state index in [0.717, 1.165) is 22.4 Å². The van der Waals surface area contributed by atoms with Crippen molar-refractivity contribution in [3.63, 3.8) is 0 Å². The van der Waals surface area contributed by atoms with Crippen LogP contribution in [0, 0.1) is 19.7 Å². The summed E-state index contributed by atoms with van der Waals surface area (Å²) in [6.45, 7) is 8.83. The summed E-state index contributed by atoms with van der Waals surface area (Å²) in [5.41, 5.74) is 4.77. The third-order valence-corrected chi connectivity index (χ3v) is 6.67. The van der Waals surface area contributed by atoms with Crippen LogP contribution in [0.3, 0.4) is 0 Å². The number of carbonyl (C=O) groups is 2. The van der Waals surface area contributed by atoms with Crippen molar-refractivity contribution in [1.29, 1.82) is 0 Å². The maximum atomic E-state index is 15.1. The maximum Gasteiger partial charge on any atom is 0.422 e. The summed E-state index contributed by atoms with van der Waals surface area (Å²) < 4.78 is 15.1. The van der Waals surface area contributed by atoms with Crippen LogP contribution < -0.4 is 20.9 Å². The fourth-order valence-corrected chi connectivity index (χ4v) is 4.73. The first-order valence-electron chi connectivity index (χ1n) is 12.7. The van der Waals surface area contributed by atoms with Gasteiger partial charge in [0.05, 0.1) is 5.69 Å². The van der Waals surface area contributed by atoms with Crippen molar-refractivity contribution in [3.05, 3.63) is 89.2 Å². The number of rotatable bonds is 7. The number of urea groups is 1. The van der Waals surface area contributed by atoms with E-state index in [1.54, 1.807) is 12.1 Å². The summed E-state index contributed by atoms with van der Waals surface area (Å²) in [7, 11) is 0. The summed E-state index contributed by atoms with van der Waals surface area (Å²) in [4.78, 5) is 29.5. The molecule has 3 amide bonds. The first-order valence-corrected chi connectivity index (χ1v) is 12.7. The number of nitrogens with two attached hydrogens (primary N) is 1. The molecule has 0 spiro atoms. The van der Waals surface area contributed by atoms with Crippen molar-refractivity contribution < 1.29 is 19.3 Å². The molecule has 194 valence electrons. The summed E-state index contributed by atoms with van der Waals surface area (Å²) in [5, 5.41) is 7.24. The number of aryl methyl sites for hydroxylation is 2. The van der Waals surface area contributed by atoms with E-state index in [2.05, 4.69) is 15.5 Å². The van der Waals surface area contributed by atoms with Gasteiger partial charge in [-0.15, -0.1) is 0 Å². The lowest BCUT2D eigenvalue weighted by atomic mass is 10.0. The molecule has 0 aliphatic carbocycles. The third-order valence-electron chi connectivity index (χ3n) is 6.67. The van der Waals surface area contributed by atoms with Gasteiger partial charge in [0.25, 0.3) is 0 Å². The van der Waals surface area contributed by atoms with Gasteiger partial charge in [-0.2, -0.15) is 0 Å². The minimum Gasteiger partial charge on any atom is -0.367 e. The van der Waals surface area contributed by atoms with Gasteiger partial charge >= 0.3 is 6.03 Å². The van der Waals surface area contributed by atoms with Crippen LogP contribution in [0.5, 0.6) is 0 Å². The number of quaternary nitrogens is 1. The fraction of sp³-hybridized carbons (Fsp3) is 0.310. The number of hydrogen-bond acceptors (Lipinski definition) is 4. The van der Waals surface area contributed by atoms with Crippen molar-refractivity contribution in [2.24, 2.45) is 0 Å². The summed E-state index contributed by atoms with van der Waals surface area (Å²) >= 11 is 0. The molecule has 8 heteroatoms. The molecule has 0 bridgehead atoms. The van der Waals surface area contributed by atoms with Crippen LogP contribution in [0.25, 0.3) is 0 Å². The first-order chi connectivity index (χ1) is 17.9. The van der Waals surface area contributed by atoms with Gasteiger partial charge in [0.1, 0.15) is 17.5 Å². The second-order valence-electron chi connectivity index (χ2n) is 9.39. The van der Waals surface area contributed by atoms with Crippen LogP contribution in [0.1, 0.15) is 29.7 Å². The molecule has 1 saturated heterocycles. The molecule has 1 fully saturated rings. The minimum atomic E-state index is -0.388. The number of halogens is 1. The Morgan fingerprint density at radius 1 is 0.973 bits per heavy atom. The van der Waals surface area contributed by atoms with Crippen LogP contribution in [0.4, 0.5) is 26.2 Å². The van der Waals surface area contributed by atoms with Gasteiger partial charge in [-0.3, -0.25) is 15.0 Å². The molecule has 0 saturated carbocycles.